The first-order chi connectivity index (χ1) is 8.66. The van der Waals surface area contributed by atoms with Crippen molar-refractivity contribution in [2.24, 2.45) is 0 Å². The van der Waals surface area contributed by atoms with Gasteiger partial charge in [-0.25, -0.2) is 9.37 Å². The van der Waals surface area contributed by atoms with Crippen molar-refractivity contribution in [2.75, 3.05) is 0 Å². The van der Waals surface area contributed by atoms with Crippen molar-refractivity contribution in [3.05, 3.63) is 52.9 Å². The first kappa shape index (κ1) is 11.2. The molecule has 0 unspecified atom stereocenters. The van der Waals surface area contributed by atoms with E-state index in [0.29, 0.717) is 10.4 Å². The third-order valence-corrected chi connectivity index (χ3v) is 3.28. The monoisotopic (exact) mass is 306 g/mol. The summed E-state index contributed by atoms with van der Waals surface area (Å²) in [6, 6.07) is 11.1. The van der Waals surface area contributed by atoms with E-state index in [1.54, 1.807) is 28.7 Å². The number of imidazole rings is 1. The number of halogens is 2. The Morgan fingerprint density at radius 1 is 1.11 bits per heavy atom. The van der Waals surface area contributed by atoms with E-state index >= 15 is 0 Å². The van der Waals surface area contributed by atoms with E-state index in [1.807, 2.05) is 6.07 Å². The Balaban J connectivity index is 2.32. The molecular formula is C13H8BrFN2O. The van der Waals surface area contributed by atoms with E-state index in [0.717, 1.165) is 11.1 Å². The van der Waals surface area contributed by atoms with Crippen LogP contribution < -0.4 is 0 Å². The summed E-state index contributed by atoms with van der Waals surface area (Å²) >= 11 is 3.35. The van der Waals surface area contributed by atoms with Gasteiger partial charge in [0.25, 0.3) is 0 Å². The van der Waals surface area contributed by atoms with Crippen molar-refractivity contribution < 1.29 is 9.50 Å². The quantitative estimate of drug-likeness (QED) is 0.746. The highest BCUT2D eigenvalue weighted by molar-refractivity contribution is 9.10. The number of rotatable bonds is 1. The molecule has 90 valence electrons. The summed E-state index contributed by atoms with van der Waals surface area (Å²) in [5, 5.41) is 9.91. The van der Waals surface area contributed by atoms with Gasteiger partial charge in [0.2, 0.25) is 0 Å². The molecule has 0 aliphatic carbocycles. The minimum atomic E-state index is -0.303. The number of hydrogen-bond donors (Lipinski definition) is 1. The van der Waals surface area contributed by atoms with Gasteiger partial charge in [-0.1, -0.05) is 6.07 Å². The van der Waals surface area contributed by atoms with Gasteiger partial charge in [0, 0.05) is 5.56 Å². The topological polar surface area (TPSA) is 37.5 Å². The van der Waals surface area contributed by atoms with E-state index in [4.69, 9.17) is 0 Å². The summed E-state index contributed by atoms with van der Waals surface area (Å²) in [4.78, 5) is 4.35. The van der Waals surface area contributed by atoms with Crippen LogP contribution in [0.1, 0.15) is 0 Å². The van der Waals surface area contributed by atoms with Crippen molar-refractivity contribution in [3.8, 4) is 17.3 Å². The molecule has 3 rings (SSSR count). The van der Waals surface area contributed by atoms with Crippen LogP contribution in [0.2, 0.25) is 0 Å². The molecule has 0 bridgehead atoms. The van der Waals surface area contributed by atoms with Gasteiger partial charge in [-0.2, -0.15) is 0 Å². The molecule has 0 aliphatic rings. The summed E-state index contributed by atoms with van der Waals surface area (Å²) in [6.45, 7) is 0. The molecular weight excluding hydrogens is 299 g/mol. The second kappa shape index (κ2) is 4.10. The Morgan fingerprint density at radius 2 is 1.83 bits per heavy atom. The lowest BCUT2D eigenvalue weighted by Crippen LogP contribution is -1.90. The van der Waals surface area contributed by atoms with Crippen LogP contribution in [0.4, 0.5) is 4.39 Å². The van der Waals surface area contributed by atoms with Gasteiger partial charge >= 0.3 is 0 Å². The molecule has 2 heterocycles. The van der Waals surface area contributed by atoms with Gasteiger partial charge < -0.3 is 5.11 Å². The predicted molar refractivity (Wildman–Crippen MR) is 70.0 cm³/mol. The molecule has 0 fully saturated rings. The van der Waals surface area contributed by atoms with Crippen LogP contribution in [0.3, 0.4) is 0 Å². The molecule has 3 aromatic rings. The molecule has 0 radical (unpaired) electrons. The predicted octanol–water partition coefficient (Wildman–Crippen LogP) is 3.61. The molecule has 1 aromatic carbocycles. The van der Waals surface area contributed by atoms with Crippen LogP contribution >= 0.6 is 15.9 Å². The first-order valence-electron chi connectivity index (χ1n) is 5.28. The van der Waals surface area contributed by atoms with Gasteiger partial charge in [0.1, 0.15) is 16.2 Å². The molecule has 3 nitrogen and oxygen atoms in total. The number of pyridine rings is 1. The number of aromatic nitrogens is 2. The van der Waals surface area contributed by atoms with Crippen LogP contribution in [-0.4, -0.2) is 14.5 Å². The van der Waals surface area contributed by atoms with Crippen LogP contribution in [0.25, 0.3) is 16.9 Å². The third kappa shape index (κ3) is 1.67. The Bertz CT molecular complexity index is 722. The number of benzene rings is 1. The van der Waals surface area contributed by atoms with E-state index in [1.165, 1.54) is 12.1 Å². The zero-order valence-corrected chi connectivity index (χ0v) is 10.7. The Kier molecular flexibility index (Phi) is 2.56. The molecule has 2 aromatic heterocycles. The maximum atomic E-state index is 12.9. The minimum Gasteiger partial charge on any atom is -0.494 e. The fraction of sp³-hybridized carbons (Fsp3) is 0. The fourth-order valence-electron chi connectivity index (χ4n) is 1.87. The first-order valence-corrected chi connectivity index (χ1v) is 6.08. The zero-order valence-electron chi connectivity index (χ0n) is 9.14. The van der Waals surface area contributed by atoms with E-state index in [-0.39, 0.29) is 11.7 Å². The number of aromatic hydroxyl groups is 1. The lowest BCUT2D eigenvalue weighted by Gasteiger charge is -2.03. The van der Waals surface area contributed by atoms with Crippen LogP contribution in [0.15, 0.2) is 47.1 Å². The van der Waals surface area contributed by atoms with Crippen molar-refractivity contribution in [1.29, 1.82) is 0 Å². The van der Waals surface area contributed by atoms with Gasteiger partial charge in [-0.15, -0.1) is 0 Å². The second-order valence-electron chi connectivity index (χ2n) is 3.84. The summed E-state index contributed by atoms with van der Waals surface area (Å²) < 4.78 is 15.2. The summed E-state index contributed by atoms with van der Waals surface area (Å²) in [7, 11) is 0. The van der Waals surface area contributed by atoms with E-state index in [2.05, 4.69) is 20.9 Å². The fourth-order valence-corrected chi connectivity index (χ4v) is 2.35. The molecule has 18 heavy (non-hydrogen) atoms. The highest BCUT2D eigenvalue weighted by atomic mass is 79.9. The van der Waals surface area contributed by atoms with Gasteiger partial charge in [-0.05, 0) is 52.3 Å². The highest BCUT2D eigenvalue weighted by Gasteiger charge is 2.13. The number of fused-ring (bicyclic) bond motifs is 1. The van der Waals surface area contributed by atoms with Gasteiger partial charge in [-0.3, -0.25) is 4.40 Å². The SMILES string of the molecule is Oc1cccc2c(Br)nc(-c3ccc(F)cc3)n12. The maximum Gasteiger partial charge on any atom is 0.197 e. The number of hydrogen-bond acceptors (Lipinski definition) is 2. The second-order valence-corrected chi connectivity index (χ2v) is 4.59. The molecule has 0 saturated carbocycles. The van der Waals surface area contributed by atoms with Crippen LogP contribution in [-0.2, 0) is 0 Å². The highest BCUT2D eigenvalue weighted by Crippen LogP contribution is 2.29. The van der Waals surface area contributed by atoms with Crippen molar-refractivity contribution in [2.45, 2.75) is 0 Å². The molecule has 0 saturated heterocycles. The Hall–Kier alpha value is -1.88. The molecule has 0 aliphatic heterocycles. The average molecular weight is 307 g/mol. The smallest absolute Gasteiger partial charge is 0.197 e. The summed E-state index contributed by atoms with van der Waals surface area (Å²) in [6.07, 6.45) is 0. The number of nitrogens with zero attached hydrogens (tertiary/aromatic N) is 2. The summed E-state index contributed by atoms with van der Waals surface area (Å²) in [5.74, 6) is 0.350. The van der Waals surface area contributed by atoms with Crippen LogP contribution in [0, 0.1) is 5.82 Å². The zero-order chi connectivity index (χ0) is 12.7. The molecule has 1 N–H and O–H groups in total. The normalized spacial score (nSPS) is 11.0. The van der Waals surface area contributed by atoms with E-state index < -0.39 is 0 Å². The average Bonchev–Trinajstić information content (AvgIpc) is 2.70. The minimum absolute atomic E-state index is 0.0880. The third-order valence-electron chi connectivity index (χ3n) is 2.70. The molecule has 0 spiro atoms. The van der Waals surface area contributed by atoms with Crippen molar-refractivity contribution >= 4 is 21.4 Å². The van der Waals surface area contributed by atoms with E-state index in [9.17, 15) is 9.50 Å². The Labute approximate surface area is 111 Å². The van der Waals surface area contributed by atoms with Gasteiger partial charge in [0.15, 0.2) is 5.88 Å². The van der Waals surface area contributed by atoms with Crippen LogP contribution in [0.5, 0.6) is 5.88 Å². The summed E-state index contributed by atoms with van der Waals surface area (Å²) in [5.41, 5.74) is 1.49. The molecule has 5 heteroatoms. The van der Waals surface area contributed by atoms with Crippen molar-refractivity contribution in [1.82, 2.24) is 9.38 Å². The molecule has 0 atom stereocenters. The Morgan fingerprint density at radius 3 is 2.56 bits per heavy atom. The largest absolute Gasteiger partial charge is 0.494 e. The standard InChI is InChI=1S/C13H8BrFN2O/c14-12-10-2-1-3-11(18)17(10)13(16-12)8-4-6-9(15)7-5-8/h1-7,18H. The molecule has 0 amide bonds. The lowest BCUT2D eigenvalue weighted by molar-refractivity contribution is 0.447. The maximum absolute atomic E-state index is 12.9. The lowest BCUT2D eigenvalue weighted by atomic mass is 10.2. The van der Waals surface area contributed by atoms with Crippen molar-refractivity contribution in [3.63, 3.8) is 0 Å². The van der Waals surface area contributed by atoms with Gasteiger partial charge in [0.05, 0.1) is 5.52 Å².